The van der Waals surface area contributed by atoms with Crippen LogP contribution in [0.15, 0.2) is 0 Å². The highest BCUT2D eigenvalue weighted by Gasteiger charge is 2.37. The molecule has 108 valence electrons. The first kappa shape index (κ1) is 14.3. The second-order valence-corrected chi connectivity index (χ2v) is 7.45. The maximum atomic E-state index is 12.4. The lowest BCUT2D eigenvalue weighted by atomic mass is 9.95. The molecule has 0 spiro atoms. The van der Waals surface area contributed by atoms with Gasteiger partial charge in [-0.15, -0.1) is 0 Å². The average Bonchev–Trinajstić information content (AvgIpc) is 2.70. The highest BCUT2D eigenvalue weighted by atomic mass is 32.2. The Morgan fingerprint density at radius 3 is 2.68 bits per heavy atom. The van der Waals surface area contributed by atoms with Crippen molar-refractivity contribution in [2.75, 3.05) is 24.6 Å². The van der Waals surface area contributed by atoms with Gasteiger partial charge >= 0.3 is 0 Å². The predicted octanol–water partition coefficient (Wildman–Crippen LogP) is -0.452. The summed E-state index contributed by atoms with van der Waals surface area (Å²) in [4.78, 5) is 25.4. The van der Waals surface area contributed by atoms with Crippen LogP contribution in [0.4, 0.5) is 0 Å². The van der Waals surface area contributed by atoms with Crippen molar-refractivity contribution in [3.05, 3.63) is 0 Å². The van der Waals surface area contributed by atoms with Crippen molar-refractivity contribution in [1.29, 1.82) is 0 Å². The number of nitrogens with one attached hydrogen (secondary N) is 1. The molecule has 2 heterocycles. The standard InChI is InChI=1S/C12H20N2O4S/c1-2-14(10-4-6-19(17,18)8-10)12(16)9-3-5-13-11(15)7-9/h9-10H,2-8H2,1H3,(H,13,15). The van der Waals surface area contributed by atoms with E-state index in [9.17, 15) is 18.0 Å². The fourth-order valence-corrected chi connectivity index (χ4v) is 4.58. The van der Waals surface area contributed by atoms with Crippen molar-refractivity contribution >= 4 is 21.7 Å². The molecule has 0 aromatic rings. The summed E-state index contributed by atoms with van der Waals surface area (Å²) in [6.45, 7) is 2.87. The minimum atomic E-state index is -3.00. The largest absolute Gasteiger partial charge is 0.356 e. The Morgan fingerprint density at radius 2 is 2.16 bits per heavy atom. The molecule has 2 rings (SSSR count). The fraction of sp³-hybridized carbons (Fsp3) is 0.833. The van der Waals surface area contributed by atoms with E-state index in [0.717, 1.165) is 0 Å². The van der Waals surface area contributed by atoms with Gasteiger partial charge in [-0.25, -0.2) is 8.42 Å². The van der Waals surface area contributed by atoms with Crippen LogP contribution >= 0.6 is 0 Å². The molecule has 2 unspecified atom stereocenters. The summed E-state index contributed by atoms with van der Waals surface area (Å²) in [7, 11) is -3.00. The fourth-order valence-electron chi connectivity index (χ4n) is 2.84. The maximum absolute atomic E-state index is 12.4. The number of amides is 2. The number of nitrogens with zero attached hydrogens (tertiary/aromatic N) is 1. The molecule has 6 nitrogen and oxygen atoms in total. The van der Waals surface area contributed by atoms with E-state index in [-0.39, 0.29) is 41.7 Å². The van der Waals surface area contributed by atoms with Crippen molar-refractivity contribution in [1.82, 2.24) is 10.2 Å². The molecule has 2 atom stereocenters. The van der Waals surface area contributed by atoms with Gasteiger partial charge in [0.25, 0.3) is 0 Å². The molecule has 2 amide bonds. The van der Waals surface area contributed by atoms with Gasteiger partial charge in [-0.1, -0.05) is 0 Å². The van der Waals surface area contributed by atoms with Crippen LogP contribution in [0.3, 0.4) is 0 Å². The van der Waals surface area contributed by atoms with Crippen LogP contribution < -0.4 is 5.32 Å². The van der Waals surface area contributed by atoms with Crippen LogP contribution in [0, 0.1) is 5.92 Å². The highest BCUT2D eigenvalue weighted by molar-refractivity contribution is 7.91. The highest BCUT2D eigenvalue weighted by Crippen LogP contribution is 2.22. The van der Waals surface area contributed by atoms with Crippen LogP contribution in [0.25, 0.3) is 0 Å². The Morgan fingerprint density at radius 1 is 1.42 bits per heavy atom. The van der Waals surface area contributed by atoms with Gasteiger partial charge in [-0.3, -0.25) is 9.59 Å². The van der Waals surface area contributed by atoms with E-state index in [4.69, 9.17) is 0 Å². The monoisotopic (exact) mass is 288 g/mol. The normalized spacial score (nSPS) is 29.8. The number of hydrogen-bond donors (Lipinski definition) is 1. The second-order valence-electron chi connectivity index (χ2n) is 5.22. The summed E-state index contributed by atoms with van der Waals surface area (Å²) in [5.74, 6) is -0.242. The Hall–Kier alpha value is -1.11. The van der Waals surface area contributed by atoms with Crippen LogP contribution in [0.5, 0.6) is 0 Å². The van der Waals surface area contributed by atoms with Gasteiger partial charge in [-0.2, -0.15) is 0 Å². The lowest BCUT2D eigenvalue weighted by Gasteiger charge is -2.32. The molecule has 1 N–H and O–H groups in total. The molecule has 2 saturated heterocycles. The Labute approximate surface area is 113 Å². The molecule has 2 aliphatic rings. The quantitative estimate of drug-likeness (QED) is 0.762. The zero-order valence-corrected chi connectivity index (χ0v) is 11.9. The summed E-state index contributed by atoms with van der Waals surface area (Å²) in [6, 6.07) is -0.215. The summed E-state index contributed by atoms with van der Waals surface area (Å²) in [5, 5.41) is 2.70. The lowest BCUT2D eigenvalue weighted by Crippen LogP contribution is -2.47. The third-order valence-electron chi connectivity index (χ3n) is 3.87. The van der Waals surface area contributed by atoms with E-state index in [2.05, 4.69) is 5.32 Å². The molecule has 19 heavy (non-hydrogen) atoms. The van der Waals surface area contributed by atoms with Gasteiger partial charge in [0.1, 0.15) is 0 Å². The van der Waals surface area contributed by atoms with Gasteiger partial charge in [0.2, 0.25) is 11.8 Å². The number of sulfone groups is 1. The Bertz CT molecular complexity index is 474. The predicted molar refractivity (Wildman–Crippen MR) is 70.2 cm³/mol. The molecule has 0 aliphatic carbocycles. The summed E-state index contributed by atoms with van der Waals surface area (Å²) >= 11 is 0. The van der Waals surface area contributed by atoms with Gasteiger partial charge in [0, 0.05) is 31.5 Å². The summed E-state index contributed by atoms with van der Waals surface area (Å²) in [6.07, 6.45) is 1.37. The minimum Gasteiger partial charge on any atom is -0.356 e. The van der Waals surface area contributed by atoms with Crippen molar-refractivity contribution in [2.24, 2.45) is 5.92 Å². The zero-order valence-electron chi connectivity index (χ0n) is 11.1. The Kier molecular flexibility index (Phi) is 4.13. The van der Waals surface area contributed by atoms with Crippen LogP contribution in [0.1, 0.15) is 26.2 Å². The van der Waals surface area contributed by atoms with Gasteiger partial charge in [-0.05, 0) is 19.8 Å². The molecule has 0 aromatic carbocycles. The van der Waals surface area contributed by atoms with Crippen molar-refractivity contribution in [2.45, 2.75) is 32.2 Å². The average molecular weight is 288 g/mol. The third kappa shape index (κ3) is 3.26. The maximum Gasteiger partial charge on any atom is 0.226 e. The molecule has 2 aliphatic heterocycles. The number of rotatable bonds is 3. The molecular weight excluding hydrogens is 268 g/mol. The molecule has 0 bridgehead atoms. The minimum absolute atomic E-state index is 0.0610. The molecule has 7 heteroatoms. The van der Waals surface area contributed by atoms with E-state index in [1.165, 1.54) is 0 Å². The van der Waals surface area contributed by atoms with E-state index < -0.39 is 9.84 Å². The van der Waals surface area contributed by atoms with E-state index in [1.807, 2.05) is 6.92 Å². The van der Waals surface area contributed by atoms with Crippen LogP contribution in [0.2, 0.25) is 0 Å². The number of carbonyl (C=O) groups excluding carboxylic acids is 2. The molecule has 2 fully saturated rings. The summed E-state index contributed by atoms with van der Waals surface area (Å²) < 4.78 is 23.0. The first-order chi connectivity index (χ1) is 8.93. The number of hydrogen-bond acceptors (Lipinski definition) is 4. The van der Waals surface area contributed by atoms with Gasteiger partial charge in [0.05, 0.1) is 11.5 Å². The number of carbonyl (C=O) groups is 2. The van der Waals surface area contributed by atoms with Gasteiger partial charge < -0.3 is 10.2 Å². The number of piperidine rings is 1. The topological polar surface area (TPSA) is 83.6 Å². The SMILES string of the molecule is CCN(C(=O)C1CCNC(=O)C1)C1CCS(=O)(=O)C1. The first-order valence-corrected chi connectivity index (χ1v) is 8.52. The van der Waals surface area contributed by atoms with Crippen molar-refractivity contribution in [3.8, 4) is 0 Å². The van der Waals surface area contributed by atoms with E-state index in [1.54, 1.807) is 4.90 Å². The zero-order chi connectivity index (χ0) is 14.0. The Balaban J connectivity index is 2.05. The van der Waals surface area contributed by atoms with E-state index >= 15 is 0 Å². The molecule has 0 saturated carbocycles. The lowest BCUT2D eigenvalue weighted by molar-refractivity contribution is -0.141. The van der Waals surface area contributed by atoms with Crippen molar-refractivity contribution in [3.63, 3.8) is 0 Å². The van der Waals surface area contributed by atoms with Gasteiger partial charge in [0.15, 0.2) is 9.84 Å². The van der Waals surface area contributed by atoms with Crippen LogP contribution in [-0.2, 0) is 19.4 Å². The smallest absolute Gasteiger partial charge is 0.226 e. The van der Waals surface area contributed by atoms with E-state index in [0.29, 0.717) is 25.9 Å². The molecule has 0 aromatic heterocycles. The molecule has 0 radical (unpaired) electrons. The second kappa shape index (κ2) is 5.48. The third-order valence-corrected chi connectivity index (χ3v) is 5.62. The molecular formula is C12H20N2O4S. The summed E-state index contributed by atoms with van der Waals surface area (Å²) in [5.41, 5.74) is 0. The van der Waals surface area contributed by atoms with Crippen molar-refractivity contribution < 1.29 is 18.0 Å². The first-order valence-electron chi connectivity index (χ1n) is 6.70. The van der Waals surface area contributed by atoms with Crippen LogP contribution in [-0.4, -0.2) is 55.8 Å².